The second kappa shape index (κ2) is 14.4. The van der Waals surface area contributed by atoms with Gasteiger partial charge in [-0.15, -0.1) is 10.2 Å². The largest absolute Gasteiger partial charge is 0.507 e. The van der Waals surface area contributed by atoms with E-state index in [4.69, 9.17) is 21.1 Å². The first-order valence-corrected chi connectivity index (χ1v) is 16.5. The number of halogens is 2. The van der Waals surface area contributed by atoms with Gasteiger partial charge in [-0.05, 0) is 78.9 Å². The quantitative estimate of drug-likeness (QED) is 0.0532. The minimum Gasteiger partial charge on any atom is -0.507 e. The number of benzene rings is 3. The molecule has 1 aromatic heterocycles. The lowest BCUT2D eigenvalue weighted by Crippen LogP contribution is -2.29. The summed E-state index contributed by atoms with van der Waals surface area (Å²) >= 11 is 8.57. The van der Waals surface area contributed by atoms with Crippen LogP contribution in [0.25, 0.3) is 5.76 Å². The third-order valence-corrected chi connectivity index (χ3v) is 9.35. The third kappa shape index (κ3) is 7.49. The number of thioether (sulfide) groups is 1. The van der Waals surface area contributed by atoms with E-state index in [2.05, 4.69) is 24.0 Å². The van der Waals surface area contributed by atoms with E-state index in [-0.39, 0.29) is 22.3 Å². The summed E-state index contributed by atoms with van der Waals surface area (Å²) in [5.74, 6) is -0.436. The lowest BCUT2D eigenvalue weighted by molar-refractivity contribution is -0.132. The predicted octanol–water partition coefficient (Wildman–Crippen LogP) is 8.07. The number of aromatic nitrogens is 2. The number of anilines is 1. The second-order valence-electron chi connectivity index (χ2n) is 10.6. The number of aliphatic hydroxyl groups is 1. The molecule has 45 heavy (non-hydrogen) atoms. The van der Waals surface area contributed by atoms with Crippen molar-refractivity contribution in [1.82, 2.24) is 10.2 Å². The molecule has 12 heteroatoms. The molecule has 234 valence electrons. The third-order valence-electron chi connectivity index (χ3n) is 6.98. The highest BCUT2D eigenvalue weighted by Crippen LogP contribution is 2.45. The number of amides is 1. The number of rotatable bonds is 12. The Labute approximate surface area is 273 Å². The Hall–Kier alpha value is -3.93. The summed E-state index contributed by atoms with van der Waals surface area (Å²) in [6.07, 6.45) is 0.854. The molecule has 4 aromatic rings. The highest BCUT2D eigenvalue weighted by Gasteiger charge is 2.48. The Morgan fingerprint density at radius 1 is 1.04 bits per heavy atom. The van der Waals surface area contributed by atoms with Crippen LogP contribution in [0.15, 0.2) is 76.6 Å². The summed E-state index contributed by atoms with van der Waals surface area (Å²) in [5, 5.41) is 20.6. The molecule has 0 saturated carbocycles. The fourth-order valence-corrected chi connectivity index (χ4v) is 6.63. The van der Waals surface area contributed by atoms with Gasteiger partial charge in [0.2, 0.25) is 5.13 Å². The number of hydrogen-bond donors (Lipinski definition) is 1. The van der Waals surface area contributed by atoms with Crippen LogP contribution in [0.2, 0.25) is 5.02 Å². The molecular formula is C33H31ClFN3O5S2. The number of Topliss-reactive ketones (excluding diaryl/α,β-unsaturated/α-hetero) is 1. The molecule has 0 radical (unpaired) electrons. The number of ether oxygens (including phenoxy) is 2. The van der Waals surface area contributed by atoms with Crippen LogP contribution in [-0.4, -0.2) is 40.2 Å². The van der Waals surface area contributed by atoms with E-state index in [1.807, 2.05) is 6.92 Å². The van der Waals surface area contributed by atoms with Crippen LogP contribution in [0.1, 0.15) is 49.9 Å². The van der Waals surface area contributed by atoms with Crippen LogP contribution < -0.4 is 14.4 Å². The lowest BCUT2D eigenvalue weighted by atomic mass is 9.95. The molecule has 0 bridgehead atoms. The lowest BCUT2D eigenvalue weighted by Gasteiger charge is -2.24. The maximum Gasteiger partial charge on any atom is 0.301 e. The summed E-state index contributed by atoms with van der Waals surface area (Å²) in [7, 11) is 0. The van der Waals surface area contributed by atoms with Gasteiger partial charge in [0, 0.05) is 16.3 Å². The van der Waals surface area contributed by atoms with E-state index in [9.17, 15) is 19.1 Å². The van der Waals surface area contributed by atoms with E-state index >= 15 is 0 Å². The van der Waals surface area contributed by atoms with Gasteiger partial charge in [-0.1, -0.05) is 66.7 Å². The Bertz CT molecular complexity index is 1710. The van der Waals surface area contributed by atoms with E-state index < -0.39 is 17.7 Å². The number of nitrogens with zero attached hydrogens (tertiary/aromatic N) is 3. The molecule has 1 saturated heterocycles. The maximum atomic E-state index is 13.6. The van der Waals surface area contributed by atoms with Crippen molar-refractivity contribution in [1.29, 1.82) is 0 Å². The van der Waals surface area contributed by atoms with Gasteiger partial charge in [-0.2, -0.15) is 0 Å². The van der Waals surface area contributed by atoms with E-state index in [0.717, 1.165) is 23.3 Å². The summed E-state index contributed by atoms with van der Waals surface area (Å²) in [5.41, 5.74) is 1.63. The minimum absolute atomic E-state index is 0.103. The first kappa shape index (κ1) is 32.5. The molecule has 8 nitrogen and oxygen atoms in total. The fourth-order valence-electron chi connectivity index (χ4n) is 4.68. The average molecular weight is 668 g/mol. The zero-order chi connectivity index (χ0) is 32.1. The van der Waals surface area contributed by atoms with Crippen molar-refractivity contribution >= 4 is 57.3 Å². The van der Waals surface area contributed by atoms with Gasteiger partial charge >= 0.3 is 5.91 Å². The Morgan fingerprint density at radius 3 is 2.47 bits per heavy atom. The van der Waals surface area contributed by atoms with Crippen molar-refractivity contribution in [2.45, 2.75) is 43.3 Å². The predicted molar refractivity (Wildman–Crippen MR) is 175 cm³/mol. The van der Waals surface area contributed by atoms with E-state index in [1.165, 1.54) is 28.8 Å². The average Bonchev–Trinajstić information content (AvgIpc) is 3.59. The minimum atomic E-state index is -1.03. The summed E-state index contributed by atoms with van der Waals surface area (Å²) in [4.78, 5) is 28.5. The fraction of sp³-hybridized carbons (Fsp3) is 0.273. The molecule has 5 rings (SSSR count). The van der Waals surface area contributed by atoms with Crippen LogP contribution in [0, 0.1) is 11.7 Å². The summed E-state index contributed by atoms with van der Waals surface area (Å²) < 4.78 is 25.8. The summed E-state index contributed by atoms with van der Waals surface area (Å²) in [6, 6.07) is 16.7. The molecule has 1 unspecified atom stereocenters. The number of ketones is 1. The van der Waals surface area contributed by atoms with E-state index in [1.54, 1.807) is 54.6 Å². The number of hydrogen-bond acceptors (Lipinski definition) is 9. The Kier molecular flexibility index (Phi) is 10.4. The van der Waals surface area contributed by atoms with Crippen molar-refractivity contribution in [3.05, 3.63) is 99.8 Å². The first-order valence-electron chi connectivity index (χ1n) is 14.3. The SMILES string of the molecule is CCOc1cc(C2/C(=C(\O)c3ccc(Cl)cc3)C(=O)C(=O)N2c2nnc(SCc3ccc(F)cc3)s2)ccc1OCCC(C)C. The van der Waals surface area contributed by atoms with E-state index in [0.29, 0.717) is 56.9 Å². The van der Waals surface area contributed by atoms with Crippen molar-refractivity contribution in [3.8, 4) is 11.5 Å². The van der Waals surface area contributed by atoms with Gasteiger partial charge in [-0.25, -0.2) is 4.39 Å². The molecule has 0 spiro atoms. The van der Waals surface area contributed by atoms with Crippen molar-refractivity contribution in [2.24, 2.45) is 5.92 Å². The molecule has 1 amide bonds. The van der Waals surface area contributed by atoms with Gasteiger partial charge in [0.15, 0.2) is 15.8 Å². The molecule has 1 aliphatic rings. The van der Waals surface area contributed by atoms with Crippen LogP contribution in [0.5, 0.6) is 11.5 Å². The monoisotopic (exact) mass is 667 g/mol. The highest BCUT2D eigenvalue weighted by molar-refractivity contribution is 8.00. The van der Waals surface area contributed by atoms with Crippen molar-refractivity contribution in [3.63, 3.8) is 0 Å². The zero-order valence-corrected chi connectivity index (χ0v) is 27.2. The normalized spacial score (nSPS) is 16.0. The van der Waals surface area contributed by atoms with Gasteiger partial charge in [0.05, 0.1) is 24.8 Å². The Morgan fingerprint density at radius 2 is 1.78 bits per heavy atom. The van der Waals surface area contributed by atoms with Gasteiger partial charge in [-0.3, -0.25) is 14.5 Å². The van der Waals surface area contributed by atoms with Crippen LogP contribution in [-0.2, 0) is 15.3 Å². The van der Waals surface area contributed by atoms with Crippen LogP contribution in [0.4, 0.5) is 9.52 Å². The number of carbonyl (C=O) groups is 2. The standard InChI is InChI=1S/C33H31ClFN3O5S2/c1-4-42-26-17-22(9-14-25(26)43-16-15-19(2)3)28-27(29(39)21-7-10-23(34)11-8-21)30(40)31(41)38(28)32-36-37-33(45-32)44-18-20-5-12-24(35)13-6-20/h5-14,17,19,28,39H,4,15-16,18H2,1-3H3/b29-27+. The zero-order valence-electron chi connectivity index (χ0n) is 24.8. The highest BCUT2D eigenvalue weighted by atomic mass is 35.5. The van der Waals surface area contributed by atoms with Gasteiger partial charge in [0.1, 0.15) is 11.6 Å². The van der Waals surface area contributed by atoms with Gasteiger partial charge in [0.25, 0.3) is 5.78 Å². The Balaban J connectivity index is 1.55. The molecule has 1 N–H and O–H groups in total. The smallest absolute Gasteiger partial charge is 0.301 e. The molecular weight excluding hydrogens is 637 g/mol. The molecule has 0 aliphatic carbocycles. The van der Waals surface area contributed by atoms with Crippen LogP contribution in [0.3, 0.4) is 0 Å². The van der Waals surface area contributed by atoms with Crippen molar-refractivity contribution < 1.29 is 28.6 Å². The molecule has 1 aliphatic heterocycles. The van der Waals surface area contributed by atoms with Gasteiger partial charge < -0.3 is 14.6 Å². The number of carbonyl (C=O) groups excluding carboxylic acids is 2. The second-order valence-corrected chi connectivity index (χ2v) is 13.2. The molecule has 3 aromatic carbocycles. The number of aliphatic hydroxyl groups excluding tert-OH is 1. The maximum absolute atomic E-state index is 13.6. The topological polar surface area (TPSA) is 102 Å². The summed E-state index contributed by atoms with van der Waals surface area (Å²) in [6.45, 7) is 6.93. The molecule has 1 fully saturated rings. The van der Waals surface area contributed by atoms with Crippen molar-refractivity contribution in [2.75, 3.05) is 18.1 Å². The first-order chi connectivity index (χ1) is 21.7. The van der Waals surface area contributed by atoms with Crippen LogP contribution >= 0.6 is 34.7 Å². The molecule has 2 heterocycles. The molecule has 1 atom stereocenters.